The predicted octanol–water partition coefficient (Wildman–Crippen LogP) is 1.87. The molecule has 1 amide bonds. The van der Waals surface area contributed by atoms with Gasteiger partial charge in [0.05, 0.1) is 19.3 Å². The first-order chi connectivity index (χ1) is 10.9. The van der Waals surface area contributed by atoms with Gasteiger partial charge in [-0.2, -0.15) is 0 Å². The third kappa shape index (κ3) is 5.61. The third-order valence-corrected chi connectivity index (χ3v) is 4.26. The first kappa shape index (κ1) is 17.9. The van der Waals surface area contributed by atoms with Gasteiger partial charge in [-0.3, -0.25) is 9.69 Å². The number of morpholine rings is 1. The van der Waals surface area contributed by atoms with Crippen LogP contribution in [0.15, 0.2) is 24.3 Å². The highest BCUT2D eigenvalue weighted by Gasteiger charge is 2.27. The molecule has 0 unspecified atom stereocenters. The minimum absolute atomic E-state index is 0.140. The molecule has 1 aliphatic heterocycles. The number of amides is 1. The van der Waals surface area contributed by atoms with Crippen LogP contribution in [0.3, 0.4) is 0 Å². The molecule has 128 valence electrons. The van der Waals surface area contributed by atoms with Crippen molar-refractivity contribution in [2.24, 2.45) is 11.1 Å². The Hall–Kier alpha value is -1.43. The Morgan fingerprint density at radius 2 is 1.87 bits per heavy atom. The van der Waals surface area contributed by atoms with Crippen LogP contribution < -0.4 is 11.1 Å². The molecule has 0 spiro atoms. The zero-order chi connectivity index (χ0) is 16.9. The zero-order valence-corrected chi connectivity index (χ0v) is 14.5. The molecular formula is C18H29N3O2. The number of nitrogens with two attached hydrogens (primary N) is 1. The molecule has 0 bridgehead atoms. The monoisotopic (exact) mass is 319 g/mol. The quantitative estimate of drug-likeness (QED) is 0.869. The van der Waals surface area contributed by atoms with Crippen LogP contribution in [0, 0.1) is 5.41 Å². The number of nitrogens with zero attached hydrogens (tertiary/aromatic N) is 1. The molecule has 5 nitrogen and oxygen atoms in total. The summed E-state index contributed by atoms with van der Waals surface area (Å²) < 4.78 is 5.36. The molecule has 0 saturated carbocycles. The molecule has 3 N–H and O–H groups in total. The van der Waals surface area contributed by atoms with Gasteiger partial charge in [-0.25, -0.2) is 0 Å². The molecule has 0 aromatic heterocycles. The van der Waals surface area contributed by atoms with Crippen LogP contribution in [-0.4, -0.2) is 49.7 Å². The summed E-state index contributed by atoms with van der Waals surface area (Å²) in [6, 6.07) is 7.50. The van der Waals surface area contributed by atoms with Gasteiger partial charge in [0.25, 0.3) is 0 Å². The van der Waals surface area contributed by atoms with Crippen LogP contribution in [0.1, 0.15) is 26.3 Å². The summed E-state index contributed by atoms with van der Waals surface area (Å²) >= 11 is 0. The Balaban J connectivity index is 1.83. The van der Waals surface area contributed by atoms with Crippen molar-refractivity contribution in [2.75, 3.05) is 38.2 Å². The fourth-order valence-corrected chi connectivity index (χ4v) is 2.48. The number of rotatable bonds is 5. The lowest BCUT2D eigenvalue weighted by atomic mass is 9.87. The van der Waals surface area contributed by atoms with E-state index in [0.29, 0.717) is 0 Å². The number of carbonyl (C=O) groups is 1. The van der Waals surface area contributed by atoms with Gasteiger partial charge in [-0.05, 0) is 29.5 Å². The van der Waals surface area contributed by atoms with E-state index in [2.05, 4.69) is 22.3 Å². The topological polar surface area (TPSA) is 67.6 Å². The van der Waals surface area contributed by atoms with Gasteiger partial charge in [-0.15, -0.1) is 0 Å². The summed E-state index contributed by atoms with van der Waals surface area (Å²) in [4.78, 5) is 14.5. The highest BCUT2D eigenvalue weighted by Crippen LogP contribution is 2.19. The molecule has 1 atom stereocenters. The smallest absolute Gasteiger partial charge is 0.241 e. The second-order valence-electron chi connectivity index (χ2n) is 7.23. The Labute approximate surface area is 139 Å². The van der Waals surface area contributed by atoms with Gasteiger partial charge in [0.1, 0.15) is 0 Å². The fraction of sp³-hybridized carbons (Fsp3) is 0.611. The number of carbonyl (C=O) groups excluding carboxylic acids is 1. The van der Waals surface area contributed by atoms with Crippen LogP contribution in [0.25, 0.3) is 0 Å². The maximum atomic E-state index is 12.1. The van der Waals surface area contributed by atoms with E-state index in [9.17, 15) is 4.79 Å². The van der Waals surface area contributed by atoms with Crippen molar-refractivity contribution in [3.8, 4) is 0 Å². The SMILES string of the molecule is CC(C)(C)[C@H](N)C(=O)Nc1ccc(CCN2CCOCC2)cc1. The van der Waals surface area contributed by atoms with Crippen molar-refractivity contribution in [1.29, 1.82) is 0 Å². The minimum atomic E-state index is -0.525. The molecule has 1 aliphatic rings. The summed E-state index contributed by atoms with van der Waals surface area (Å²) in [6.07, 6.45) is 1.01. The van der Waals surface area contributed by atoms with Gasteiger partial charge in [0.2, 0.25) is 5.91 Å². The average molecular weight is 319 g/mol. The lowest BCUT2D eigenvalue weighted by Gasteiger charge is -2.26. The van der Waals surface area contributed by atoms with Crippen molar-refractivity contribution < 1.29 is 9.53 Å². The van der Waals surface area contributed by atoms with Gasteiger partial charge in [0.15, 0.2) is 0 Å². The number of hydrogen-bond donors (Lipinski definition) is 2. The van der Waals surface area contributed by atoms with Crippen molar-refractivity contribution in [2.45, 2.75) is 33.2 Å². The second-order valence-corrected chi connectivity index (χ2v) is 7.23. The Morgan fingerprint density at radius 1 is 1.26 bits per heavy atom. The van der Waals surface area contributed by atoms with Crippen molar-refractivity contribution in [1.82, 2.24) is 4.90 Å². The molecule has 1 aromatic rings. The van der Waals surface area contributed by atoms with Crippen LogP contribution in [0.4, 0.5) is 5.69 Å². The minimum Gasteiger partial charge on any atom is -0.379 e. The average Bonchev–Trinajstić information content (AvgIpc) is 2.53. The summed E-state index contributed by atoms with van der Waals surface area (Å²) in [7, 11) is 0. The van der Waals surface area contributed by atoms with Gasteiger partial charge < -0.3 is 15.8 Å². The van der Waals surface area contributed by atoms with Crippen molar-refractivity contribution in [3.05, 3.63) is 29.8 Å². The van der Waals surface area contributed by atoms with Crippen LogP contribution >= 0.6 is 0 Å². The number of hydrogen-bond acceptors (Lipinski definition) is 4. The molecule has 5 heteroatoms. The lowest BCUT2D eigenvalue weighted by Crippen LogP contribution is -2.45. The Bertz CT molecular complexity index is 502. The van der Waals surface area contributed by atoms with Crippen molar-refractivity contribution >= 4 is 11.6 Å². The molecule has 1 fully saturated rings. The van der Waals surface area contributed by atoms with Gasteiger partial charge in [-0.1, -0.05) is 32.9 Å². The normalized spacial score (nSPS) is 17.7. The number of benzene rings is 1. The standard InChI is InChI=1S/C18H29N3O2/c1-18(2,3)16(19)17(22)20-15-6-4-14(5-7-15)8-9-21-10-12-23-13-11-21/h4-7,16H,8-13,19H2,1-3H3,(H,20,22)/t16-/m1/s1. The van der Waals surface area contributed by atoms with E-state index in [1.165, 1.54) is 5.56 Å². The lowest BCUT2D eigenvalue weighted by molar-refractivity contribution is -0.119. The predicted molar refractivity (Wildman–Crippen MR) is 93.5 cm³/mol. The molecule has 23 heavy (non-hydrogen) atoms. The van der Waals surface area contributed by atoms with E-state index in [1.807, 2.05) is 32.9 Å². The summed E-state index contributed by atoms with van der Waals surface area (Å²) in [5.74, 6) is -0.140. The van der Waals surface area contributed by atoms with Gasteiger partial charge in [0, 0.05) is 25.3 Å². The van der Waals surface area contributed by atoms with E-state index >= 15 is 0 Å². The number of anilines is 1. The first-order valence-corrected chi connectivity index (χ1v) is 8.32. The van der Waals surface area contributed by atoms with Crippen LogP contribution in [0.2, 0.25) is 0 Å². The van der Waals surface area contributed by atoms with Crippen LogP contribution in [-0.2, 0) is 16.0 Å². The highest BCUT2D eigenvalue weighted by molar-refractivity contribution is 5.95. The molecular weight excluding hydrogens is 290 g/mol. The molecule has 0 aliphatic carbocycles. The first-order valence-electron chi connectivity index (χ1n) is 8.32. The largest absolute Gasteiger partial charge is 0.379 e. The zero-order valence-electron chi connectivity index (χ0n) is 14.5. The van der Waals surface area contributed by atoms with Crippen LogP contribution in [0.5, 0.6) is 0 Å². The number of nitrogens with one attached hydrogen (secondary N) is 1. The summed E-state index contributed by atoms with van der Waals surface area (Å²) in [6.45, 7) is 10.6. The Kier molecular flexibility index (Phi) is 6.16. The maximum Gasteiger partial charge on any atom is 0.241 e. The van der Waals surface area contributed by atoms with E-state index in [-0.39, 0.29) is 11.3 Å². The summed E-state index contributed by atoms with van der Waals surface area (Å²) in [5.41, 5.74) is 7.80. The number of ether oxygens (including phenoxy) is 1. The third-order valence-electron chi connectivity index (χ3n) is 4.26. The molecule has 2 rings (SSSR count). The molecule has 0 radical (unpaired) electrons. The molecule has 1 aromatic carbocycles. The fourth-order valence-electron chi connectivity index (χ4n) is 2.48. The van der Waals surface area contributed by atoms with Gasteiger partial charge >= 0.3 is 0 Å². The highest BCUT2D eigenvalue weighted by atomic mass is 16.5. The van der Waals surface area contributed by atoms with Crippen molar-refractivity contribution in [3.63, 3.8) is 0 Å². The second kappa shape index (κ2) is 7.90. The molecule has 1 saturated heterocycles. The van der Waals surface area contributed by atoms with E-state index < -0.39 is 6.04 Å². The van der Waals surface area contributed by atoms with E-state index in [1.54, 1.807) is 0 Å². The Morgan fingerprint density at radius 3 is 2.43 bits per heavy atom. The summed E-state index contributed by atoms with van der Waals surface area (Å²) in [5, 5.41) is 2.89. The maximum absolute atomic E-state index is 12.1. The molecule has 1 heterocycles. The van der Waals surface area contributed by atoms with E-state index in [4.69, 9.17) is 10.5 Å². The van der Waals surface area contributed by atoms with E-state index in [0.717, 1.165) is 45.0 Å².